The number of hydrogen-bond donors (Lipinski definition) is 2. The summed E-state index contributed by atoms with van der Waals surface area (Å²) < 4.78 is 0. The van der Waals surface area contributed by atoms with Crippen molar-refractivity contribution in [1.29, 1.82) is 0 Å². The molecule has 0 atom stereocenters. The number of hydroxylamine groups is 1. The maximum atomic E-state index is 10.8. The van der Waals surface area contributed by atoms with E-state index < -0.39 is 5.91 Å². The first-order valence-electron chi connectivity index (χ1n) is 3.81. The van der Waals surface area contributed by atoms with E-state index in [1.165, 1.54) is 0 Å². The summed E-state index contributed by atoms with van der Waals surface area (Å²) in [5.74, 6) is -0.467. The number of hydrogen-bond acceptors (Lipinski definition) is 2. The van der Waals surface area contributed by atoms with Crippen LogP contribution in [0.3, 0.4) is 0 Å². The first-order chi connectivity index (χ1) is 6.13. The second-order valence-electron chi connectivity index (χ2n) is 2.81. The van der Waals surface area contributed by atoms with Gasteiger partial charge in [-0.05, 0) is 24.1 Å². The first kappa shape index (κ1) is 10.0. The normalized spacial score (nSPS) is 9.77. The summed E-state index contributed by atoms with van der Waals surface area (Å²) in [5.41, 5.74) is 3.30. The van der Waals surface area contributed by atoms with E-state index in [4.69, 9.17) is 16.8 Å². The van der Waals surface area contributed by atoms with Crippen molar-refractivity contribution in [3.05, 3.63) is 34.3 Å². The van der Waals surface area contributed by atoms with E-state index in [1.54, 1.807) is 17.6 Å². The smallest absolute Gasteiger partial charge is 0.247 e. The molecule has 70 valence electrons. The highest BCUT2D eigenvalue weighted by Crippen LogP contribution is 2.17. The Morgan fingerprint density at radius 1 is 1.62 bits per heavy atom. The predicted molar refractivity (Wildman–Crippen MR) is 49.8 cm³/mol. The van der Waals surface area contributed by atoms with Crippen molar-refractivity contribution >= 4 is 17.5 Å². The Morgan fingerprint density at radius 3 is 2.85 bits per heavy atom. The Hall–Kier alpha value is -1.06. The molecular formula is C9H10ClNO2. The molecule has 1 rings (SSSR count). The third-order valence-corrected chi connectivity index (χ3v) is 2.04. The quantitative estimate of drug-likeness (QED) is 0.563. The molecule has 0 aromatic heterocycles. The van der Waals surface area contributed by atoms with E-state index in [1.807, 2.05) is 13.0 Å². The molecule has 0 saturated heterocycles. The lowest BCUT2D eigenvalue weighted by Crippen LogP contribution is -2.20. The Balaban J connectivity index is 2.83. The fraction of sp³-hybridized carbons (Fsp3) is 0.222. The molecule has 0 aliphatic carbocycles. The van der Waals surface area contributed by atoms with Crippen molar-refractivity contribution in [3.63, 3.8) is 0 Å². The number of halogens is 1. The summed E-state index contributed by atoms with van der Waals surface area (Å²) in [6, 6.07) is 5.42. The van der Waals surface area contributed by atoms with Crippen LogP contribution in [0.4, 0.5) is 0 Å². The molecule has 0 aliphatic rings. The molecule has 2 N–H and O–H groups in total. The molecule has 0 fully saturated rings. The molecule has 1 aromatic carbocycles. The Bertz CT molecular complexity index is 325. The van der Waals surface area contributed by atoms with Gasteiger partial charge in [0.2, 0.25) is 5.91 Å². The highest BCUT2D eigenvalue weighted by molar-refractivity contribution is 6.31. The molecule has 4 heteroatoms. The molecule has 0 aliphatic heterocycles. The number of carbonyl (C=O) groups excluding carboxylic acids is 1. The van der Waals surface area contributed by atoms with Crippen molar-refractivity contribution in [2.24, 2.45) is 0 Å². The summed E-state index contributed by atoms with van der Waals surface area (Å²) in [7, 11) is 0. The van der Waals surface area contributed by atoms with E-state index in [2.05, 4.69) is 0 Å². The zero-order valence-corrected chi connectivity index (χ0v) is 7.93. The number of aryl methyl sites for hydroxylation is 1. The molecule has 1 amide bonds. The van der Waals surface area contributed by atoms with Crippen molar-refractivity contribution < 1.29 is 10.0 Å². The number of carbonyl (C=O) groups is 1. The lowest BCUT2D eigenvalue weighted by molar-refractivity contribution is -0.128. The van der Waals surface area contributed by atoms with E-state index in [0.29, 0.717) is 10.6 Å². The van der Waals surface area contributed by atoms with Crippen LogP contribution in [-0.4, -0.2) is 11.1 Å². The minimum atomic E-state index is -0.467. The number of nitrogens with one attached hydrogen (secondary N) is 1. The molecule has 0 unspecified atom stereocenters. The fourth-order valence-corrected chi connectivity index (χ4v) is 1.31. The van der Waals surface area contributed by atoms with Crippen LogP contribution in [0, 0.1) is 6.92 Å². The maximum Gasteiger partial charge on any atom is 0.247 e. The second kappa shape index (κ2) is 4.25. The van der Waals surface area contributed by atoms with Crippen molar-refractivity contribution in [2.75, 3.05) is 0 Å². The Morgan fingerprint density at radius 2 is 2.31 bits per heavy atom. The Kier molecular flexibility index (Phi) is 3.28. The van der Waals surface area contributed by atoms with Crippen LogP contribution in [0.1, 0.15) is 11.1 Å². The van der Waals surface area contributed by atoms with Crippen molar-refractivity contribution in [2.45, 2.75) is 13.3 Å². The van der Waals surface area contributed by atoms with Crippen LogP contribution in [-0.2, 0) is 11.2 Å². The summed E-state index contributed by atoms with van der Waals surface area (Å²) in [6.45, 7) is 1.92. The number of benzene rings is 1. The first-order valence-corrected chi connectivity index (χ1v) is 4.19. The number of rotatable bonds is 2. The van der Waals surface area contributed by atoms with E-state index in [0.717, 1.165) is 5.56 Å². The summed E-state index contributed by atoms with van der Waals surface area (Å²) in [5, 5.41) is 8.84. The van der Waals surface area contributed by atoms with Gasteiger partial charge in [0.1, 0.15) is 0 Å². The minimum Gasteiger partial charge on any atom is -0.289 e. The van der Waals surface area contributed by atoms with Gasteiger partial charge in [0.15, 0.2) is 0 Å². The minimum absolute atomic E-state index is 0.0929. The third-order valence-electron chi connectivity index (χ3n) is 1.68. The Labute approximate surface area is 81.3 Å². The van der Waals surface area contributed by atoms with Gasteiger partial charge in [-0.2, -0.15) is 0 Å². The molecule has 13 heavy (non-hydrogen) atoms. The van der Waals surface area contributed by atoms with E-state index in [-0.39, 0.29) is 6.42 Å². The van der Waals surface area contributed by atoms with Crippen LogP contribution in [0.2, 0.25) is 5.02 Å². The molecule has 0 radical (unpaired) electrons. The lowest BCUT2D eigenvalue weighted by Gasteiger charge is -2.03. The zero-order valence-electron chi connectivity index (χ0n) is 7.17. The standard InChI is InChI=1S/C9H10ClNO2/c1-6-2-3-7(8(10)4-6)5-9(12)11-13/h2-4,13H,5H2,1H3,(H,11,12). The molecule has 0 heterocycles. The summed E-state index contributed by atoms with van der Waals surface area (Å²) >= 11 is 5.87. The zero-order chi connectivity index (χ0) is 9.84. The second-order valence-corrected chi connectivity index (χ2v) is 3.21. The van der Waals surface area contributed by atoms with Crippen LogP contribution in [0.5, 0.6) is 0 Å². The molecular weight excluding hydrogens is 190 g/mol. The monoisotopic (exact) mass is 199 g/mol. The lowest BCUT2D eigenvalue weighted by atomic mass is 10.1. The SMILES string of the molecule is Cc1ccc(CC(=O)NO)c(Cl)c1. The van der Waals surface area contributed by atoms with Gasteiger partial charge in [0.05, 0.1) is 6.42 Å². The predicted octanol–water partition coefficient (Wildman–Crippen LogP) is 1.70. The van der Waals surface area contributed by atoms with Gasteiger partial charge in [-0.25, -0.2) is 5.48 Å². The summed E-state index contributed by atoms with van der Waals surface area (Å²) in [6.07, 6.45) is 0.0929. The average molecular weight is 200 g/mol. The third kappa shape index (κ3) is 2.72. The van der Waals surface area contributed by atoms with Crippen molar-refractivity contribution in [1.82, 2.24) is 5.48 Å². The van der Waals surface area contributed by atoms with Crippen molar-refractivity contribution in [3.8, 4) is 0 Å². The van der Waals surface area contributed by atoms with Gasteiger partial charge in [-0.1, -0.05) is 23.7 Å². The molecule has 0 bridgehead atoms. The van der Waals surface area contributed by atoms with Gasteiger partial charge >= 0.3 is 0 Å². The molecule has 0 spiro atoms. The van der Waals surface area contributed by atoms with E-state index >= 15 is 0 Å². The van der Waals surface area contributed by atoms with Crippen LogP contribution < -0.4 is 5.48 Å². The van der Waals surface area contributed by atoms with Crippen LogP contribution in [0.15, 0.2) is 18.2 Å². The molecule has 3 nitrogen and oxygen atoms in total. The van der Waals surface area contributed by atoms with Gasteiger partial charge in [-0.15, -0.1) is 0 Å². The highest BCUT2D eigenvalue weighted by Gasteiger charge is 2.05. The maximum absolute atomic E-state index is 10.8. The fourth-order valence-electron chi connectivity index (χ4n) is 1.01. The van der Waals surface area contributed by atoms with Gasteiger partial charge < -0.3 is 0 Å². The number of amides is 1. The molecule has 1 aromatic rings. The van der Waals surface area contributed by atoms with Gasteiger partial charge in [-0.3, -0.25) is 10.0 Å². The topological polar surface area (TPSA) is 49.3 Å². The largest absolute Gasteiger partial charge is 0.289 e. The van der Waals surface area contributed by atoms with E-state index in [9.17, 15) is 4.79 Å². The van der Waals surface area contributed by atoms with Crippen LogP contribution in [0.25, 0.3) is 0 Å². The highest BCUT2D eigenvalue weighted by atomic mass is 35.5. The van der Waals surface area contributed by atoms with Gasteiger partial charge in [0.25, 0.3) is 0 Å². The molecule has 0 saturated carbocycles. The van der Waals surface area contributed by atoms with Gasteiger partial charge in [0, 0.05) is 5.02 Å². The average Bonchev–Trinajstić information content (AvgIpc) is 2.09. The summed E-state index contributed by atoms with van der Waals surface area (Å²) in [4.78, 5) is 10.8. The van der Waals surface area contributed by atoms with Crippen LogP contribution >= 0.6 is 11.6 Å².